The molecule has 0 aromatic carbocycles. The molecule has 26 heavy (non-hydrogen) atoms. The number of nitrogens with one attached hydrogen (secondary N) is 2. The Hall–Kier alpha value is -1.56. The van der Waals surface area contributed by atoms with Crippen LogP contribution in [0.2, 0.25) is 0 Å². The third-order valence-corrected chi connectivity index (χ3v) is 5.07. The van der Waals surface area contributed by atoms with Crippen molar-refractivity contribution in [3.05, 3.63) is 17.5 Å². The molecule has 0 spiro atoms. The SMILES string of the molecule is CCNC(=NCc1cc(CC)no1)NCC(C(C)C)N1CCCCCC1. The van der Waals surface area contributed by atoms with Gasteiger partial charge >= 0.3 is 0 Å². The lowest BCUT2D eigenvalue weighted by molar-refractivity contribution is 0.161. The molecule has 6 heteroatoms. The summed E-state index contributed by atoms with van der Waals surface area (Å²) >= 11 is 0. The van der Waals surface area contributed by atoms with Crippen LogP contribution in [0.3, 0.4) is 0 Å². The number of aryl methyl sites for hydroxylation is 1. The Bertz CT molecular complexity index is 532. The topological polar surface area (TPSA) is 65.7 Å². The monoisotopic (exact) mass is 363 g/mol. The molecule has 0 radical (unpaired) electrons. The molecule has 1 aromatic heterocycles. The molecule has 0 bridgehead atoms. The fourth-order valence-corrected chi connectivity index (χ4v) is 3.51. The maximum Gasteiger partial charge on any atom is 0.191 e. The Labute approximate surface area is 158 Å². The quantitative estimate of drug-likeness (QED) is 0.548. The van der Waals surface area contributed by atoms with Crippen molar-refractivity contribution >= 4 is 5.96 Å². The number of rotatable bonds is 8. The van der Waals surface area contributed by atoms with Crippen molar-refractivity contribution in [3.63, 3.8) is 0 Å². The highest BCUT2D eigenvalue weighted by Crippen LogP contribution is 2.17. The molecule has 2 rings (SSSR count). The smallest absolute Gasteiger partial charge is 0.191 e. The van der Waals surface area contributed by atoms with Gasteiger partial charge < -0.3 is 15.2 Å². The summed E-state index contributed by atoms with van der Waals surface area (Å²) in [7, 11) is 0. The highest BCUT2D eigenvalue weighted by molar-refractivity contribution is 5.79. The van der Waals surface area contributed by atoms with E-state index in [1.807, 2.05) is 6.07 Å². The molecule has 2 N–H and O–H groups in total. The van der Waals surface area contributed by atoms with Gasteiger partial charge in [0.15, 0.2) is 11.7 Å². The number of likely N-dealkylation sites (tertiary alicyclic amines) is 1. The molecule has 0 saturated carbocycles. The molecule has 1 unspecified atom stereocenters. The van der Waals surface area contributed by atoms with E-state index in [9.17, 15) is 0 Å². The van der Waals surface area contributed by atoms with Crippen LogP contribution >= 0.6 is 0 Å². The summed E-state index contributed by atoms with van der Waals surface area (Å²) in [6, 6.07) is 2.52. The van der Waals surface area contributed by atoms with Crippen LogP contribution < -0.4 is 10.6 Å². The molecule has 1 aliphatic rings. The van der Waals surface area contributed by atoms with E-state index in [-0.39, 0.29) is 0 Å². The third-order valence-electron chi connectivity index (χ3n) is 5.07. The summed E-state index contributed by atoms with van der Waals surface area (Å²) in [5.41, 5.74) is 0.981. The fourth-order valence-electron chi connectivity index (χ4n) is 3.51. The summed E-state index contributed by atoms with van der Waals surface area (Å²) in [5.74, 6) is 2.28. The highest BCUT2D eigenvalue weighted by Gasteiger charge is 2.22. The maximum atomic E-state index is 5.34. The standard InChI is InChI=1S/C20H37N5O/c1-5-17-13-18(26-24-17)14-22-20(21-6-2)23-15-19(16(3)4)25-11-9-7-8-10-12-25/h13,16,19H,5-12,14-15H2,1-4H3,(H2,21,22,23). The molecule has 0 amide bonds. The van der Waals surface area contributed by atoms with E-state index in [1.165, 1.54) is 38.8 Å². The largest absolute Gasteiger partial charge is 0.359 e. The van der Waals surface area contributed by atoms with Crippen molar-refractivity contribution in [3.8, 4) is 0 Å². The number of aromatic nitrogens is 1. The van der Waals surface area contributed by atoms with Crippen LogP contribution in [0.4, 0.5) is 0 Å². The minimum absolute atomic E-state index is 0.512. The van der Waals surface area contributed by atoms with Crippen molar-refractivity contribution < 1.29 is 4.52 Å². The molecule has 148 valence electrons. The molecule has 1 atom stereocenters. The lowest BCUT2D eigenvalue weighted by atomic mass is 10.0. The van der Waals surface area contributed by atoms with E-state index >= 15 is 0 Å². The van der Waals surface area contributed by atoms with Crippen molar-refractivity contribution in [2.24, 2.45) is 10.9 Å². The first-order valence-corrected chi connectivity index (χ1v) is 10.3. The van der Waals surface area contributed by atoms with Crippen LogP contribution in [0.1, 0.15) is 64.8 Å². The molecule has 1 aliphatic heterocycles. The zero-order valence-electron chi connectivity index (χ0n) is 17.1. The van der Waals surface area contributed by atoms with E-state index in [0.29, 0.717) is 18.5 Å². The minimum Gasteiger partial charge on any atom is -0.359 e. The number of hydrogen-bond donors (Lipinski definition) is 2. The van der Waals surface area contributed by atoms with E-state index in [4.69, 9.17) is 4.52 Å². The third kappa shape index (κ3) is 6.63. The van der Waals surface area contributed by atoms with Crippen LogP contribution in [0.25, 0.3) is 0 Å². The van der Waals surface area contributed by atoms with Crippen LogP contribution in [0.5, 0.6) is 0 Å². The molecule has 2 heterocycles. The van der Waals surface area contributed by atoms with Crippen LogP contribution in [0.15, 0.2) is 15.6 Å². The van der Waals surface area contributed by atoms with Gasteiger partial charge in [-0.1, -0.05) is 38.8 Å². The van der Waals surface area contributed by atoms with E-state index in [2.05, 4.69) is 53.4 Å². The van der Waals surface area contributed by atoms with Gasteiger partial charge in [0.1, 0.15) is 6.54 Å². The normalized spacial score (nSPS) is 18.0. The molecular formula is C20H37N5O. The van der Waals surface area contributed by atoms with Crippen molar-refractivity contribution in [1.82, 2.24) is 20.7 Å². The van der Waals surface area contributed by atoms with Gasteiger partial charge in [0.05, 0.1) is 5.69 Å². The lowest BCUT2D eigenvalue weighted by Gasteiger charge is -2.34. The molecule has 1 aromatic rings. The first-order chi connectivity index (χ1) is 12.6. The van der Waals surface area contributed by atoms with Gasteiger partial charge in [0, 0.05) is 25.2 Å². The predicted octanol–water partition coefficient (Wildman–Crippen LogP) is 3.19. The summed E-state index contributed by atoms with van der Waals surface area (Å²) in [4.78, 5) is 7.33. The molecule has 1 fully saturated rings. The summed E-state index contributed by atoms with van der Waals surface area (Å²) in [5, 5.41) is 10.9. The zero-order chi connectivity index (χ0) is 18.8. The van der Waals surface area contributed by atoms with Gasteiger partial charge in [-0.3, -0.25) is 4.90 Å². The van der Waals surface area contributed by atoms with Gasteiger partial charge in [-0.25, -0.2) is 4.99 Å². The van der Waals surface area contributed by atoms with Crippen molar-refractivity contribution in [2.45, 2.75) is 72.4 Å². The van der Waals surface area contributed by atoms with Crippen LogP contribution in [-0.2, 0) is 13.0 Å². The minimum atomic E-state index is 0.512. The average molecular weight is 364 g/mol. The Morgan fingerprint density at radius 1 is 1.19 bits per heavy atom. The van der Waals surface area contributed by atoms with Crippen LogP contribution in [-0.4, -0.2) is 48.2 Å². The maximum absolute atomic E-state index is 5.34. The van der Waals surface area contributed by atoms with Gasteiger partial charge in [-0.2, -0.15) is 0 Å². The fraction of sp³-hybridized carbons (Fsp3) is 0.800. The Morgan fingerprint density at radius 2 is 1.92 bits per heavy atom. The first kappa shape index (κ1) is 20.7. The second kappa shape index (κ2) is 11.2. The van der Waals surface area contributed by atoms with Gasteiger partial charge in [0.2, 0.25) is 0 Å². The van der Waals surface area contributed by atoms with Gasteiger partial charge in [-0.15, -0.1) is 0 Å². The predicted molar refractivity (Wildman–Crippen MR) is 107 cm³/mol. The number of guanidine groups is 1. The first-order valence-electron chi connectivity index (χ1n) is 10.3. The second-order valence-electron chi connectivity index (χ2n) is 7.48. The summed E-state index contributed by atoms with van der Waals surface area (Å²) in [6.45, 7) is 13.5. The lowest BCUT2D eigenvalue weighted by Crippen LogP contribution is -2.49. The van der Waals surface area contributed by atoms with Crippen molar-refractivity contribution in [1.29, 1.82) is 0 Å². The second-order valence-corrected chi connectivity index (χ2v) is 7.48. The summed E-state index contributed by atoms with van der Waals surface area (Å²) in [6.07, 6.45) is 6.27. The summed E-state index contributed by atoms with van der Waals surface area (Å²) < 4.78 is 5.34. The van der Waals surface area contributed by atoms with E-state index < -0.39 is 0 Å². The van der Waals surface area contributed by atoms with Gasteiger partial charge in [-0.05, 0) is 45.2 Å². The van der Waals surface area contributed by atoms with Crippen molar-refractivity contribution in [2.75, 3.05) is 26.2 Å². The number of nitrogens with zero attached hydrogens (tertiary/aromatic N) is 3. The molecule has 6 nitrogen and oxygen atoms in total. The Kier molecular flexibility index (Phi) is 8.95. The highest BCUT2D eigenvalue weighted by atomic mass is 16.5. The molecular weight excluding hydrogens is 326 g/mol. The van der Waals surface area contributed by atoms with E-state index in [0.717, 1.165) is 36.9 Å². The number of aliphatic imine (C=N–C) groups is 1. The van der Waals surface area contributed by atoms with Crippen LogP contribution in [0, 0.1) is 5.92 Å². The zero-order valence-corrected chi connectivity index (χ0v) is 17.1. The Morgan fingerprint density at radius 3 is 2.50 bits per heavy atom. The molecule has 0 aliphatic carbocycles. The average Bonchev–Trinajstić information content (AvgIpc) is 2.93. The Balaban J connectivity index is 1.94. The molecule has 1 saturated heterocycles. The van der Waals surface area contributed by atoms with Gasteiger partial charge in [0.25, 0.3) is 0 Å². The number of hydrogen-bond acceptors (Lipinski definition) is 4. The van der Waals surface area contributed by atoms with E-state index in [1.54, 1.807) is 0 Å².